The summed E-state index contributed by atoms with van der Waals surface area (Å²) in [5, 5.41) is 0. The zero-order valence-corrected chi connectivity index (χ0v) is 15.1. The first-order valence-corrected chi connectivity index (χ1v) is 8.45. The third-order valence-electron chi connectivity index (χ3n) is 4.48. The Balaban J connectivity index is 0.00000208. The van der Waals surface area contributed by atoms with Crippen molar-refractivity contribution >= 4 is 5.97 Å². The number of benzene rings is 1. The van der Waals surface area contributed by atoms with Crippen LogP contribution in [0.1, 0.15) is 37.0 Å². The van der Waals surface area contributed by atoms with Crippen LogP contribution in [-0.4, -0.2) is 49.8 Å². The molecule has 1 aromatic rings. The Morgan fingerprint density at radius 3 is 2.62 bits per heavy atom. The fourth-order valence-electron chi connectivity index (χ4n) is 3.07. The van der Waals surface area contributed by atoms with E-state index in [1.54, 1.807) is 18.2 Å². The number of carbonyl (C=O) groups excluding carboxylic acids is 1. The first-order valence-electron chi connectivity index (χ1n) is 8.45. The van der Waals surface area contributed by atoms with E-state index >= 15 is 0 Å². The van der Waals surface area contributed by atoms with E-state index in [-0.39, 0.29) is 24.5 Å². The largest absolute Gasteiger partial charge is 1.00 e. The van der Waals surface area contributed by atoms with E-state index < -0.39 is 0 Å². The van der Waals surface area contributed by atoms with Crippen molar-refractivity contribution in [3.8, 4) is 11.5 Å². The van der Waals surface area contributed by atoms with Crippen LogP contribution in [0.5, 0.6) is 11.5 Å². The normalized spacial score (nSPS) is 19.2. The summed E-state index contributed by atoms with van der Waals surface area (Å²) in [6.07, 6.45) is 2.33. The van der Waals surface area contributed by atoms with Crippen LogP contribution in [0.3, 0.4) is 0 Å². The van der Waals surface area contributed by atoms with Crippen molar-refractivity contribution in [2.24, 2.45) is 5.92 Å². The molecule has 1 fully saturated rings. The number of carbonyl (C=O) groups is 1. The van der Waals surface area contributed by atoms with Gasteiger partial charge >= 0.3 is 5.97 Å². The van der Waals surface area contributed by atoms with E-state index in [1.807, 2.05) is 6.92 Å². The molecular weight excluding hydrogens is 330 g/mol. The van der Waals surface area contributed by atoms with Crippen LogP contribution in [-0.2, 0) is 4.74 Å². The summed E-state index contributed by atoms with van der Waals surface area (Å²) in [7, 11) is 0. The Labute approximate surface area is 149 Å². The molecule has 0 bridgehead atoms. The highest BCUT2D eigenvalue weighted by atomic mass is 35.5. The average molecular weight is 355 g/mol. The maximum atomic E-state index is 12.3. The predicted molar refractivity (Wildman–Crippen MR) is 87.1 cm³/mol. The van der Waals surface area contributed by atoms with Crippen LogP contribution >= 0.6 is 0 Å². The zero-order valence-electron chi connectivity index (χ0n) is 14.3. The van der Waals surface area contributed by atoms with Gasteiger partial charge in [0.25, 0.3) is 0 Å². The Morgan fingerprint density at radius 2 is 1.92 bits per heavy atom. The molecule has 3 rings (SSSR count). The molecule has 0 spiro atoms. The van der Waals surface area contributed by atoms with Gasteiger partial charge in [-0.05, 0) is 57.0 Å². The summed E-state index contributed by atoms with van der Waals surface area (Å²) >= 11 is 0. The molecule has 0 radical (unpaired) electrons. The minimum Gasteiger partial charge on any atom is -1.00 e. The van der Waals surface area contributed by atoms with E-state index in [0.29, 0.717) is 30.3 Å². The van der Waals surface area contributed by atoms with Gasteiger partial charge in [0, 0.05) is 6.54 Å². The summed E-state index contributed by atoms with van der Waals surface area (Å²) in [6.45, 7) is 8.28. The molecule has 0 saturated carbocycles. The molecule has 1 unspecified atom stereocenters. The van der Waals surface area contributed by atoms with Crippen molar-refractivity contribution in [3.05, 3.63) is 23.8 Å². The van der Waals surface area contributed by atoms with Gasteiger partial charge < -0.3 is 26.6 Å². The van der Waals surface area contributed by atoms with Crippen molar-refractivity contribution in [1.82, 2.24) is 4.90 Å². The van der Waals surface area contributed by atoms with Gasteiger partial charge in [0.2, 0.25) is 0 Å². The minimum absolute atomic E-state index is 0. The molecule has 134 valence electrons. The number of hydrogen-bond donors (Lipinski definition) is 0. The topological polar surface area (TPSA) is 48.0 Å². The van der Waals surface area contributed by atoms with Gasteiger partial charge in [0.15, 0.2) is 11.5 Å². The van der Waals surface area contributed by atoms with Gasteiger partial charge in [0.1, 0.15) is 19.3 Å². The third kappa shape index (κ3) is 4.77. The molecule has 5 nitrogen and oxygen atoms in total. The van der Waals surface area contributed by atoms with E-state index in [2.05, 4.69) is 11.8 Å². The number of hydrogen-bond acceptors (Lipinski definition) is 5. The molecule has 2 heterocycles. The molecule has 6 heteroatoms. The predicted octanol–water partition coefficient (Wildman–Crippen LogP) is -0.261. The highest BCUT2D eigenvalue weighted by Gasteiger charge is 2.21. The molecule has 1 saturated heterocycles. The number of halogens is 1. The summed E-state index contributed by atoms with van der Waals surface area (Å²) < 4.78 is 16.6. The minimum atomic E-state index is -0.306. The summed E-state index contributed by atoms with van der Waals surface area (Å²) in [6, 6.07) is 5.19. The van der Waals surface area contributed by atoms with Crippen LogP contribution in [0.15, 0.2) is 18.2 Å². The molecule has 2 aliphatic heterocycles. The van der Waals surface area contributed by atoms with Gasteiger partial charge in [-0.3, -0.25) is 4.90 Å². The lowest BCUT2D eigenvalue weighted by atomic mass is 9.99. The molecule has 2 aliphatic rings. The van der Waals surface area contributed by atoms with Gasteiger partial charge in [-0.1, -0.05) is 6.92 Å². The summed E-state index contributed by atoms with van der Waals surface area (Å²) in [4.78, 5) is 14.7. The smallest absolute Gasteiger partial charge is 0.338 e. The van der Waals surface area contributed by atoms with E-state index in [0.717, 1.165) is 25.6 Å². The van der Waals surface area contributed by atoms with Crippen molar-refractivity contribution < 1.29 is 31.4 Å². The van der Waals surface area contributed by atoms with Crippen molar-refractivity contribution in [2.75, 3.05) is 32.8 Å². The first kappa shape index (κ1) is 18.9. The van der Waals surface area contributed by atoms with Gasteiger partial charge in [0.05, 0.1) is 5.56 Å². The highest BCUT2D eigenvalue weighted by Crippen LogP contribution is 2.31. The Morgan fingerprint density at radius 1 is 1.25 bits per heavy atom. The quantitative estimate of drug-likeness (QED) is 0.697. The lowest BCUT2D eigenvalue weighted by Crippen LogP contribution is -3.00. The van der Waals surface area contributed by atoms with Crippen molar-refractivity contribution in [2.45, 2.75) is 32.8 Å². The SMILES string of the molecule is CC1CCN(CC(C)OC(=O)c2ccc3c(c2)OCCO3)CC1.[Cl-]. The Kier molecular flexibility index (Phi) is 6.75. The second kappa shape index (κ2) is 8.58. The maximum Gasteiger partial charge on any atom is 0.338 e. The van der Waals surface area contributed by atoms with Crippen molar-refractivity contribution in [1.29, 1.82) is 0 Å². The molecule has 0 aliphatic carbocycles. The third-order valence-corrected chi connectivity index (χ3v) is 4.48. The second-order valence-corrected chi connectivity index (χ2v) is 6.56. The fourth-order valence-corrected chi connectivity index (χ4v) is 3.07. The molecule has 0 amide bonds. The molecule has 24 heavy (non-hydrogen) atoms. The monoisotopic (exact) mass is 354 g/mol. The number of piperidine rings is 1. The zero-order chi connectivity index (χ0) is 16.2. The van der Waals surface area contributed by atoms with E-state index in [1.165, 1.54) is 12.8 Å². The van der Waals surface area contributed by atoms with Crippen LogP contribution in [0.2, 0.25) is 0 Å². The number of ether oxygens (including phenoxy) is 3. The number of likely N-dealkylation sites (tertiary alicyclic amines) is 1. The Hall–Kier alpha value is -1.46. The van der Waals surface area contributed by atoms with Gasteiger partial charge in [-0.25, -0.2) is 4.79 Å². The summed E-state index contributed by atoms with van der Waals surface area (Å²) in [5.74, 6) is 1.80. The van der Waals surface area contributed by atoms with Gasteiger partial charge in [-0.2, -0.15) is 0 Å². The van der Waals surface area contributed by atoms with Crippen LogP contribution in [0, 0.1) is 5.92 Å². The number of fused-ring (bicyclic) bond motifs is 1. The fraction of sp³-hybridized carbons (Fsp3) is 0.611. The molecule has 0 aromatic heterocycles. The van der Waals surface area contributed by atoms with Gasteiger partial charge in [-0.15, -0.1) is 0 Å². The second-order valence-electron chi connectivity index (χ2n) is 6.56. The average Bonchev–Trinajstić information content (AvgIpc) is 2.56. The van der Waals surface area contributed by atoms with Crippen LogP contribution in [0.25, 0.3) is 0 Å². The lowest BCUT2D eigenvalue weighted by molar-refractivity contribution is -0.0000453. The van der Waals surface area contributed by atoms with Crippen LogP contribution < -0.4 is 21.9 Å². The van der Waals surface area contributed by atoms with Crippen LogP contribution in [0.4, 0.5) is 0 Å². The number of esters is 1. The Bertz CT molecular complexity index is 558. The summed E-state index contributed by atoms with van der Waals surface area (Å²) in [5.41, 5.74) is 0.508. The molecule has 1 atom stereocenters. The van der Waals surface area contributed by atoms with Crippen molar-refractivity contribution in [3.63, 3.8) is 0 Å². The molecule has 0 N–H and O–H groups in total. The van der Waals surface area contributed by atoms with E-state index in [4.69, 9.17) is 14.2 Å². The standard InChI is InChI=1S/C18H25NO4.ClH/c1-13-5-7-19(8-6-13)12-14(2)23-18(20)15-3-4-16-17(11-15)22-10-9-21-16;/h3-4,11,13-14H,5-10,12H2,1-2H3;1H/p-1. The number of rotatable bonds is 4. The molecule has 1 aromatic carbocycles. The highest BCUT2D eigenvalue weighted by molar-refractivity contribution is 5.90. The lowest BCUT2D eigenvalue weighted by Gasteiger charge is -2.31. The first-order chi connectivity index (χ1) is 11.1. The number of nitrogens with zero attached hydrogens (tertiary/aromatic N) is 1. The maximum absolute atomic E-state index is 12.3. The molecular formula is C18H25ClNO4-. The van der Waals surface area contributed by atoms with E-state index in [9.17, 15) is 4.79 Å².